The number of alkyl carbamates (subject to hydrolysis) is 1. The Morgan fingerprint density at radius 2 is 1.93 bits per heavy atom. The van der Waals surface area contributed by atoms with Gasteiger partial charge in [0.05, 0.1) is 28.2 Å². The lowest BCUT2D eigenvalue weighted by Crippen LogP contribution is -2.61. The summed E-state index contributed by atoms with van der Waals surface area (Å²) in [6.07, 6.45) is 2.23. The van der Waals surface area contributed by atoms with Crippen LogP contribution in [0.5, 0.6) is 0 Å². The van der Waals surface area contributed by atoms with Gasteiger partial charge in [0.15, 0.2) is 0 Å². The van der Waals surface area contributed by atoms with Crippen LogP contribution in [0, 0.1) is 17.3 Å². The highest BCUT2D eigenvalue weighted by Crippen LogP contribution is 2.45. The molecule has 2 amide bonds. The molecule has 0 spiro atoms. The number of aromatic nitrogens is 3. The molecule has 2 unspecified atom stereocenters. The van der Waals surface area contributed by atoms with Crippen LogP contribution in [-0.4, -0.2) is 85.7 Å². The summed E-state index contributed by atoms with van der Waals surface area (Å²) in [4.78, 5) is 48.5. The molecular formula is C40H52N6O7S. The van der Waals surface area contributed by atoms with Crippen LogP contribution >= 0.6 is 11.3 Å². The van der Waals surface area contributed by atoms with Crippen LogP contribution in [0.15, 0.2) is 41.9 Å². The molecule has 13 nitrogen and oxygen atoms in total. The maximum Gasteiger partial charge on any atom is 0.408 e. The summed E-state index contributed by atoms with van der Waals surface area (Å²) in [7, 11) is 1.68. The molecule has 2 fully saturated rings. The molecule has 3 aromatic heterocycles. The lowest BCUT2D eigenvalue weighted by molar-refractivity contribution is -0.148. The maximum absolute atomic E-state index is 13.9. The van der Waals surface area contributed by atoms with Crippen molar-refractivity contribution in [1.82, 2.24) is 30.3 Å². The molecule has 0 bridgehead atoms. The quantitative estimate of drug-likeness (QED) is 0.127. The number of carbonyl (C=O) groups excluding carboxylic acids is 2. The van der Waals surface area contributed by atoms with Gasteiger partial charge in [-0.25, -0.2) is 15.2 Å². The number of fused-ring (bicyclic) bond motifs is 2. The number of hydrazine groups is 1. The Hall–Kier alpha value is -4.37. The second kappa shape index (κ2) is 15.4. The lowest BCUT2D eigenvalue weighted by atomic mass is 9.84. The minimum absolute atomic E-state index is 0.0106. The molecule has 14 heteroatoms. The molecule has 54 heavy (non-hydrogen) atoms. The second-order valence-electron chi connectivity index (χ2n) is 16.2. The van der Waals surface area contributed by atoms with E-state index >= 15 is 0 Å². The van der Waals surface area contributed by atoms with Gasteiger partial charge in [-0.15, -0.1) is 11.3 Å². The number of carboxylic acids is 1. The molecule has 6 rings (SSSR count). The van der Waals surface area contributed by atoms with E-state index in [0.717, 1.165) is 51.1 Å². The van der Waals surface area contributed by atoms with Crippen molar-refractivity contribution in [1.29, 1.82) is 0 Å². The van der Waals surface area contributed by atoms with Crippen molar-refractivity contribution < 1.29 is 34.1 Å². The molecule has 1 aliphatic carbocycles. The summed E-state index contributed by atoms with van der Waals surface area (Å²) >= 11 is 1.38. The first-order valence-electron chi connectivity index (χ1n) is 18.5. The third-order valence-corrected chi connectivity index (χ3v) is 11.1. The number of hydrogen-bond acceptors (Lipinski definition) is 10. The molecule has 4 heterocycles. The number of carbonyl (C=O) groups is 3. The van der Waals surface area contributed by atoms with Gasteiger partial charge in [-0.1, -0.05) is 19.9 Å². The van der Waals surface area contributed by atoms with E-state index in [1.165, 1.54) is 16.3 Å². The van der Waals surface area contributed by atoms with Crippen LogP contribution in [0.3, 0.4) is 0 Å². The first-order valence-corrected chi connectivity index (χ1v) is 19.4. The van der Waals surface area contributed by atoms with Crippen LogP contribution in [0.4, 0.5) is 4.79 Å². The van der Waals surface area contributed by atoms with E-state index in [9.17, 15) is 24.6 Å². The summed E-state index contributed by atoms with van der Waals surface area (Å²) < 4.78 is 13.5. The number of pyridine rings is 1. The van der Waals surface area contributed by atoms with E-state index in [2.05, 4.69) is 54.3 Å². The van der Waals surface area contributed by atoms with Crippen molar-refractivity contribution in [3.63, 3.8) is 0 Å². The number of methoxy groups -OCH3 is 1. The van der Waals surface area contributed by atoms with E-state index in [4.69, 9.17) is 19.4 Å². The van der Waals surface area contributed by atoms with Gasteiger partial charge in [-0.3, -0.25) is 19.6 Å². The number of nitrogens with one attached hydrogen (secondary N) is 2. The zero-order valence-corrected chi connectivity index (χ0v) is 33.1. The Morgan fingerprint density at radius 3 is 2.59 bits per heavy atom. The number of carboxylic acid groups (broad SMARTS) is 1. The third kappa shape index (κ3) is 8.31. The fourth-order valence-corrected chi connectivity index (χ4v) is 8.22. The van der Waals surface area contributed by atoms with Crippen molar-refractivity contribution >= 4 is 40.2 Å². The average Bonchev–Trinajstić information content (AvgIpc) is 3.66. The summed E-state index contributed by atoms with van der Waals surface area (Å²) in [5.41, 5.74) is 8.31. The van der Waals surface area contributed by atoms with E-state index in [1.807, 2.05) is 24.4 Å². The van der Waals surface area contributed by atoms with E-state index in [0.29, 0.717) is 24.5 Å². The normalized spacial score (nSPS) is 19.6. The summed E-state index contributed by atoms with van der Waals surface area (Å²) in [6, 6.07) is 8.39. The number of ether oxygens (including phenoxy) is 2. The van der Waals surface area contributed by atoms with Crippen molar-refractivity contribution in [2.45, 2.75) is 98.1 Å². The number of nitrogens with zero attached hydrogens (tertiary/aromatic N) is 4. The minimum atomic E-state index is -1.05. The molecule has 1 aliphatic heterocycles. The molecule has 2 aliphatic rings. The second-order valence-corrected chi connectivity index (χ2v) is 17.1. The van der Waals surface area contributed by atoms with Crippen LogP contribution in [0.1, 0.15) is 77.3 Å². The molecular weight excluding hydrogens is 709 g/mol. The summed E-state index contributed by atoms with van der Waals surface area (Å²) in [5, 5.41) is 27.8. The molecule has 4 N–H and O–H groups in total. The molecule has 1 aromatic carbocycles. The highest BCUT2D eigenvalue weighted by Gasteiger charge is 2.52. The number of amides is 2. The predicted octanol–water partition coefficient (Wildman–Crippen LogP) is 5.99. The van der Waals surface area contributed by atoms with Crippen LogP contribution in [-0.2, 0) is 38.4 Å². The van der Waals surface area contributed by atoms with Gasteiger partial charge in [-0.2, -0.15) is 0 Å². The number of aliphatic hydroxyl groups is 1. The standard InChI is InChI=1S/C40H52N6O7S/c1-9-45-31-13-12-23(15-27(31)28(18-40(6,7)21-47)35(45)25-11-10-14-41-33(25)22(2)52-8)30-20-54-32(42-30)17-29(43-38(51)53-39(3,4)5)36(48)46-19-24-16-26(24)34(44-46)37(49)50/h10-15,20,22,24,26,29,34,44,47H,9,16-19,21H2,1-8H3,(H,43,51)(H,49,50)/t22-,24?,26?,29-,34-/m0/s1. The van der Waals surface area contributed by atoms with Crippen LogP contribution in [0.2, 0.25) is 0 Å². The van der Waals surface area contributed by atoms with Gasteiger partial charge < -0.3 is 29.6 Å². The number of aliphatic hydroxyl groups excluding tert-OH is 1. The smallest absolute Gasteiger partial charge is 0.408 e. The van der Waals surface area contributed by atoms with Crippen molar-refractivity contribution in [3.05, 3.63) is 58.2 Å². The number of aliphatic carboxylic acids is 1. The predicted molar refractivity (Wildman–Crippen MR) is 207 cm³/mol. The monoisotopic (exact) mass is 760 g/mol. The van der Waals surface area contributed by atoms with Crippen LogP contribution < -0.4 is 10.7 Å². The highest BCUT2D eigenvalue weighted by molar-refractivity contribution is 7.10. The molecule has 1 saturated carbocycles. The number of hydrogen-bond donors (Lipinski definition) is 4. The molecule has 5 atom stereocenters. The number of benzene rings is 1. The fraction of sp³-hybridized carbons (Fsp3) is 0.525. The van der Waals surface area contributed by atoms with Crippen molar-refractivity contribution in [2.24, 2.45) is 17.3 Å². The number of rotatable bonds is 13. The third-order valence-electron chi connectivity index (χ3n) is 10.3. The number of thiazole rings is 1. The SMILES string of the molecule is CCn1c(-c2cccnc2[C@H](C)OC)c(CC(C)(C)CO)c2cc(-c3csc(C[C@H](NC(=O)OC(C)(C)C)C(=O)N4CC5CC5[C@@H](C(=O)O)N4)n3)ccc21. The van der Waals surface area contributed by atoms with E-state index in [-0.39, 0.29) is 31.0 Å². The fourth-order valence-electron chi connectivity index (χ4n) is 7.37. The number of aryl methyl sites for hydroxylation is 1. The lowest BCUT2D eigenvalue weighted by Gasteiger charge is -2.34. The Morgan fingerprint density at radius 1 is 1.17 bits per heavy atom. The zero-order valence-electron chi connectivity index (χ0n) is 32.3. The average molecular weight is 761 g/mol. The first kappa shape index (κ1) is 39.3. The van der Waals surface area contributed by atoms with Crippen LogP contribution in [0.25, 0.3) is 33.4 Å². The Bertz CT molecular complexity index is 2030. The summed E-state index contributed by atoms with van der Waals surface area (Å²) in [5.74, 6) is -1.36. The molecule has 1 saturated heterocycles. The van der Waals surface area contributed by atoms with Crippen molar-refractivity contribution in [3.8, 4) is 22.5 Å². The van der Waals surface area contributed by atoms with E-state index in [1.54, 1.807) is 34.1 Å². The molecule has 290 valence electrons. The van der Waals surface area contributed by atoms with Gasteiger partial charge in [0.25, 0.3) is 5.91 Å². The van der Waals surface area contributed by atoms with Gasteiger partial charge in [0, 0.05) is 66.8 Å². The van der Waals surface area contributed by atoms with E-state index < -0.39 is 41.1 Å². The van der Waals surface area contributed by atoms with Gasteiger partial charge in [0.2, 0.25) is 0 Å². The largest absolute Gasteiger partial charge is 0.480 e. The Kier molecular flexibility index (Phi) is 11.2. The Balaban J connectivity index is 1.36. The van der Waals surface area contributed by atoms with Gasteiger partial charge in [0.1, 0.15) is 17.7 Å². The minimum Gasteiger partial charge on any atom is -0.480 e. The molecule has 0 radical (unpaired) electrons. The highest BCUT2D eigenvalue weighted by atomic mass is 32.1. The van der Waals surface area contributed by atoms with Crippen molar-refractivity contribution in [2.75, 3.05) is 20.3 Å². The van der Waals surface area contributed by atoms with Gasteiger partial charge in [-0.05, 0) is 94.5 Å². The topological polar surface area (TPSA) is 168 Å². The molecule has 4 aromatic rings. The first-order chi connectivity index (χ1) is 25.5. The van der Waals surface area contributed by atoms with Gasteiger partial charge >= 0.3 is 12.1 Å². The summed E-state index contributed by atoms with van der Waals surface area (Å²) in [6.45, 7) is 14.5. The Labute approximate surface area is 320 Å². The zero-order chi connectivity index (χ0) is 39.1. The maximum atomic E-state index is 13.9.